The number of Topliss-reactive ketones (excluding diaryl/α,β-unsaturated/α-hetero) is 2. The van der Waals surface area contributed by atoms with Crippen molar-refractivity contribution >= 4 is 35.2 Å². The monoisotopic (exact) mass is 578 g/mol. The van der Waals surface area contributed by atoms with Crippen LogP contribution in [-0.4, -0.2) is 77.7 Å². The van der Waals surface area contributed by atoms with Gasteiger partial charge in [-0.25, -0.2) is 0 Å². The van der Waals surface area contributed by atoms with Crippen molar-refractivity contribution in [2.24, 2.45) is 11.8 Å². The molecule has 3 N–H and O–H groups in total. The number of hydrogen-bond acceptors (Lipinski definition) is 6. The molecule has 0 bridgehead atoms. The molecule has 3 atom stereocenters. The van der Waals surface area contributed by atoms with Crippen LogP contribution in [0.4, 0.5) is 8.78 Å². The van der Waals surface area contributed by atoms with Crippen LogP contribution in [-0.2, 0) is 35.2 Å². The molecule has 10 nitrogen and oxygen atoms in total. The van der Waals surface area contributed by atoms with Gasteiger partial charge in [-0.3, -0.25) is 28.8 Å². The maximum atomic E-state index is 15.0. The number of benzene rings is 1. The Balaban J connectivity index is 2.13. The summed E-state index contributed by atoms with van der Waals surface area (Å²) in [4.78, 5) is 77.0. The molecule has 1 saturated heterocycles. The first-order chi connectivity index (χ1) is 19.2. The molecule has 1 aliphatic rings. The Kier molecular flexibility index (Phi) is 12.1. The summed E-state index contributed by atoms with van der Waals surface area (Å²) in [5.74, 6) is -11.2. The van der Waals surface area contributed by atoms with E-state index in [1.165, 1.54) is 25.8 Å². The van der Waals surface area contributed by atoms with Crippen molar-refractivity contribution in [3.05, 3.63) is 35.9 Å². The van der Waals surface area contributed by atoms with E-state index in [-0.39, 0.29) is 25.3 Å². The lowest BCUT2D eigenvalue weighted by molar-refractivity contribution is -0.160. The van der Waals surface area contributed by atoms with Crippen molar-refractivity contribution < 1.29 is 37.5 Å². The van der Waals surface area contributed by atoms with E-state index in [9.17, 15) is 28.8 Å². The minimum Gasteiger partial charge on any atom is -0.359 e. The zero-order valence-corrected chi connectivity index (χ0v) is 24.2. The van der Waals surface area contributed by atoms with Crippen LogP contribution in [0.5, 0.6) is 0 Å². The highest BCUT2D eigenvalue weighted by Gasteiger charge is 2.51. The van der Waals surface area contributed by atoms with E-state index >= 15 is 8.78 Å². The van der Waals surface area contributed by atoms with Gasteiger partial charge in [0.1, 0.15) is 18.5 Å². The van der Waals surface area contributed by atoms with E-state index in [0.717, 1.165) is 0 Å². The molecule has 41 heavy (non-hydrogen) atoms. The normalized spacial score (nSPS) is 16.7. The summed E-state index contributed by atoms with van der Waals surface area (Å²) in [6.07, 6.45) is -0.325. The smallest absolute Gasteiger partial charge is 0.359 e. The number of halogens is 2. The van der Waals surface area contributed by atoms with Gasteiger partial charge in [0, 0.05) is 20.0 Å². The molecule has 0 radical (unpaired) electrons. The van der Waals surface area contributed by atoms with Gasteiger partial charge < -0.3 is 20.9 Å². The second-order valence-electron chi connectivity index (χ2n) is 10.9. The Morgan fingerprint density at radius 3 is 2.10 bits per heavy atom. The Labute approximate surface area is 239 Å². The second kappa shape index (κ2) is 14.8. The first kappa shape index (κ1) is 33.5. The largest absolute Gasteiger partial charge is 0.364 e. The predicted molar refractivity (Wildman–Crippen MR) is 147 cm³/mol. The minimum absolute atomic E-state index is 0.0388. The summed E-state index contributed by atoms with van der Waals surface area (Å²) < 4.78 is 30.0. The molecular formula is C29H40F2N4O6. The zero-order chi connectivity index (χ0) is 30.9. The maximum Gasteiger partial charge on any atom is 0.364 e. The molecule has 1 fully saturated rings. The third-order valence-electron chi connectivity index (χ3n) is 7.08. The summed E-state index contributed by atoms with van der Waals surface area (Å²) in [5.41, 5.74) is 0.674. The zero-order valence-electron chi connectivity index (χ0n) is 24.2. The van der Waals surface area contributed by atoms with Crippen molar-refractivity contribution in [2.75, 3.05) is 13.6 Å². The van der Waals surface area contributed by atoms with Gasteiger partial charge in [-0.1, -0.05) is 58.0 Å². The fraction of sp³-hybridized carbons (Fsp3) is 0.586. The molecular weight excluding hydrogens is 538 g/mol. The van der Waals surface area contributed by atoms with E-state index in [2.05, 4.69) is 16.0 Å². The van der Waals surface area contributed by atoms with E-state index in [4.69, 9.17) is 0 Å². The van der Waals surface area contributed by atoms with Crippen molar-refractivity contribution in [3.8, 4) is 0 Å². The van der Waals surface area contributed by atoms with Crippen LogP contribution >= 0.6 is 0 Å². The van der Waals surface area contributed by atoms with Gasteiger partial charge in [0.25, 0.3) is 0 Å². The average molecular weight is 579 g/mol. The number of carbonyl (C=O) groups is 6. The highest BCUT2D eigenvalue weighted by molar-refractivity contribution is 6.11. The van der Waals surface area contributed by atoms with Crippen molar-refractivity contribution in [1.82, 2.24) is 20.9 Å². The lowest BCUT2D eigenvalue weighted by Crippen LogP contribution is -2.59. The van der Waals surface area contributed by atoms with Crippen LogP contribution in [0.1, 0.15) is 58.9 Å². The summed E-state index contributed by atoms with van der Waals surface area (Å²) in [7, 11) is 1.37. The van der Waals surface area contributed by atoms with Crippen LogP contribution in [0.2, 0.25) is 0 Å². The fourth-order valence-electron chi connectivity index (χ4n) is 4.63. The van der Waals surface area contributed by atoms with E-state index < -0.39 is 78.0 Å². The Morgan fingerprint density at radius 1 is 0.927 bits per heavy atom. The molecule has 226 valence electrons. The number of aryl methyl sites for hydroxylation is 1. The molecule has 1 aromatic rings. The summed E-state index contributed by atoms with van der Waals surface area (Å²) in [5, 5.41) is 7.23. The summed E-state index contributed by atoms with van der Waals surface area (Å²) in [6.45, 7) is 6.51. The quantitative estimate of drug-likeness (QED) is 0.288. The van der Waals surface area contributed by atoms with Gasteiger partial charge in [-0.15, -0.1) is 0 Å². The Morgan fingerprint density at radius 2 is 1.54 bits per heavy atom. The number of amides is 4. The molecule has 4 amide bonds. The van der Waals surface area contributed by atoms with Gasteiger partial charge >= 0.3 is 5.92 Å². The highest BCUT2D eigenvalue weighted by atomic mass is 19.3. The summed E-state index contributed by atoms with van der Waals surface area (Å²) >= 11 is 0. The molecule has 0 spiro atoms. The maximum absolute atomic E-state index is 15.0. The molecule has 1 aromatic carbocycles. The van der Waals surface area contributed by atoms with Crippen molar-refractivity contribution in [1.29, 1.82) is 0 Å². The van der Waals surface area contributed by atoms with Gasteiger partial charge in [0.05, 0.1) is 6.04 Å². The number of alkyl halides is 2. The topological polar surface area (TPSA) is 142 Å². The van der Waals surface area contributed by atoms with E-state index in [1.54, 1.807) is 44.2 Å². The minimum atomic E-state index is -4.31. The lowest BCUT2D eigenvalue weighted by atomic mass is 9.92. The molecule has 12 heteroatoms. The third-order valence-corrected chi connectivity index (χ3v) is 7.08. The molecule has 2 rings (SSSR count). The van der Waals surface area contributed by atoms with Gasteiger partial charge in [-0.2, -0.15) is 8.78 Å². The number of nitrogens with zero attached hydrogens (tertiary/aromatic N) is 1. The van der Waals surface area contributed by atoms with E-state index in [1.807, 2.05) is 0 Å². The average Bonchev–Trinajstić information content (AvgIpc) is 3.42. The lowest BCUT2D eigenvalue weighted by Gasteiger charge is -2.32. The predicted octanol–water partition coefficient (Wildman–Crippen LogP) is 1.80. The standard InChI is InChI=1S/C29H40F2N4O6/c1-17(2)24(26(39)29(30,31)21(36)14-13-19-10-7-6-8-11-19)34-27(40)20-12-9-15-35(20)28(41)25(18(3)4)33-23(38)16-22(37)32-5/h6-8,10-11,17-18,20,24-25H,9,12-16H2,1-5H3,(H,32,37)(H,33,38)(H,34,40)/t20?,24-,25-/m0/s1. The first-order valence-corrected chi connectivity index (χ1v) is 13.8. The van der Waals surface area contributed by atoms with Crippen LogP contribution in [0.3, 0.4) is 0 Å². The number of carbonyl (C=O) groups excluding carboxylic acids is 6. The highest BCUT2D eigenvalue weighted by Crippen LogP contribution is 2.25. The Bertz CT molecular complexity index is 1130. The van der Waals surface area contributed by atoms with Crippen molar-refractivity contribution in [3.63, 3.8) is 0 Å². The van der Waals surface area contributed by atoms with Crippen LogP contribution < -0.4 is 16.0 Å². The van der Waals surface area contributed by atoms with E-state index in [0.29, 0.717) is 12.0 Å². The number of rotatable bonds is 14. The number of hydrogen-bond donors (Lipinski definition) is 3. The van der Waals surface area contributed by atoms with Gasteiger partial charge in [0.15, 0.2) is 0 Å². The fourth-order valence-corrected chi connectivity index (χ4v) is 4.63. The third kappa shape index (κ3) is 8.89. The van der Waals surface area contributed by atoms with Crippen LogP contribution in [0, 0.1) is 11.8 Å². The second-order valence-corrected chi connectivity index (χ2v) is 10.9. The molecule has 1 unspecified atom stereocenters. The number of nitrogens with one attached hydrogen (secondary N) is 3. The molecule has 0 aliphatic carbocycles. The van der Waals surface area contributed by atoms with Crippen LogP contribution in [0.25, 0.3) is 0 Å². The Hall–Kier alpha value is -3.70. The first-order valence-electron chi connectivity index (χ1n) is 13.8. The molecule has 0 aromatic heterocycles. The molecule has 0 saturated carbocycles. The van der Waals surface area contributed by atoms with Crippen LogP contribution in [0.15, 0.2) is 30.3 Å². The summed E-state index contributed by atoms with van der Waals surface area (Å²) in [6, 6.07) is 4.81. The van der Waals surface area contributed by atoms with Gasteiger partial charge in [-0.05, 0) is 36.7 Å². The SMILES string of the molecule is CNC(=O)CC(=O)N[C@H](C(=O)N1CCCC1C(=O)N[C@H](C(=O)C(F)(F)C(=O)CCc1ccccc1)C(C)C)C(C)C. The number of likely N-dealkylation sites (tertiary alicyclic amines) is 1. The number of ketones is 2. The van der Waals surface area contributed by atoms with Gasteiger partial charge in [0.2, 0.25) is 35.2 Å². The molecule has 1 heterocycles. The molecule has 1 aliphatic heterocycles. The van der Waals surface area contributed by atoms with Crippen molar-refractivity contribution in [2.45, 2.75) is 83.8 Å².